The minimum Gasteiger partial charge on any atom is -0.381 e. The van der Waals surface area contributed by atoms with Crippen LogP contribution in [0.3, 0.4) is 0 Å². The second-order valence-corrected chi connectivity index (χ2v) is 7.91. The summed E-state index contributed by atoms with van der Waals surface area (Å²) in [5.74, 6) is 0. The Morgan fingerprint density at radius 2 is 1.96 bits per heavy atom. The molecule has 2 rings (SSSR count). The van der Waals surface area contributed by atoms with Crippen molar-refractivity contribution in [3.63, 3.8) is 0 Å². The van der Waals surface area contributed by atoms with E-state index in [-0.39, 0.29) is 36.5 Å². The number of halogens is 1. The average molecular weight is 394 g/mol. The molecule has 1 aromatic carbocycles. The van der Waals surface area contributed by atoms with Gasteiger partial charge in [0.25, 0.3) is 5.69 Å². The quantitative estimate of drug-likeness (QED) is 0.601. The molecule has 0 saturated carbocycles. The molecule has 1 heterocycles. The predicted molar refractivity (Wildman–Crippen MR) is 96.6 cm³/mol. The van der Waals surface area contributed by atoms with E-state index in [1.165, 1.54) is 16.4 Å². The lowest BCUT2D eigenvalue weighted by Gasteiger charge is -2.37. The van der Waals surface area contributed by atoms with E-state index in [2.05, 4.69) is 0 Å². The number of methoxy groups -OCH3 is 1. The third-order valence-electron chi connectivity index (χ3n) is 4.58. The van der Waals surface area contributed by atoms with E-state index in [1.54, 1.807) is 21.0 Å². The SMILES string of the molecule is COC1CCN(S(=O)(=O)c2cc(C)c(C)cc2[N+](=O)[O-])C(CN)C1.Cl. The van der Waals surface area contributed by atoms with Gasteiger partial charge < -0.3 is 10.5 Å². The molecule has 1 aliphatic rings. The molecule has 0 aliphatic carbocycles. The first-order chi connectivity index (χ1) is 11.2. The van der Waals surface area contributed by atoms with Crippen molar-refractivity contribution < 1.29 is 18.1 Å². The Balaban J connectivity index is 0.00000312. The molecule has 2 atom stereocenters. The highest BCUT2D eigenvalue weighted by atomic mass is 35.5. The van der Waals surface area contributed by atoms with E-state index in [0.29, 0.717) is 24.0 Å². The van der Waals surface area contributed by atoms with Gasteiger partial charge in [0.2, 0.25) is 10.0 Å². The number of nitrogens with zero attached hydrogens (tertiary/aromatic N) is 2. The lowest BCUT2D eigenvalue weighted by Crippen LogP contribution is -2.51. The molecular weight excluding hydrogens is 370 g/mol. The van der Waals surface area contributed by atoms with Crippen LogP contribution in [0.4, 0.5) is 5.69 Å². The molecule has 25 heavy (non-hydrogen) atoms. The molecule has 2 unspecified atom stereocenters. The molecule has 0 bridgehead atoms. The van der Waals surface area contributed by atoms with Crippen molar-refractivity contribution in [1.82, 2.24) is 4.31 Å². The highest BCUT2D eigenvalue weighted by Crippen LogP contribution is 2.33. The van der Waals surface area contributed by atoms with E-state index < -0.39 is 26.7 Å². The zero-order valence-electron chi connectivity index (χ0n) is 14.5. The summed E-state index contributed by atoms with van der Waals surface area (Å²) in [6.45, 7) is 3.81. The molecule has 0 amide bonds. The van der Waals surface area contributed by atoms with Gasteiger partial charge in [-0.15, -0.1) is 12.4 Å². The topological polar surface area (TPSA) is 116 Å². The highest BCUT2D eigenvalue weighted by molar-refractivity contribution is 7.89. The van der Waals surface area contributed by atoms with E-state index in [4.69, 9.17) is 10.5 Å². The number of hydrogen-bond donors (Lipinski definition) is 1. The lowest BCUT2D eigenvalue weighted by atomic mass is 10.0. The molecule has 0 spiro atoms. The molecule has 1 aromatic rings. The molecule has 0 aromatic heterocycles. The molecule has 1 aliphatic heterocycles. The van der Waals surface area contributed by atoms with Gasteiger partial charge in [0.1, 0.15) is 0 Å². The van der Waals surface area contributed by atoms with Crippen LogP contribution in [0.1, 0.15) is 24.0 Å². The second kappa shape index (κ2) is 8.41. The summed E-state index contributed by atoms with van der Waals surface area (Å²) in [6, 6.07) is 2.25. The molecule has 2 N–H and O–H groups in total. The van der Waals surface area contributed by atoms with Crippen LogP contribution >= 0.6 is 12.4 Å². The van der Waals surface area contributed by atoms with Gasteiger partial charge in [0.05, 0.1) is 11.0 Å². The van der Waals surface area contributed by atoms with Crippen molar-refractivity contribution in [3.05, 3.63) is 33.4 Å². The van der Waals surface area contributed by atoms with Gasteiger partial charge in [0, 0.05) is 32.3 Å². The molecule has 0 radical (unpaired) electrons. The van der Waals surface area contributed by atoms with Crippen molar-refractivity contribution >= 4 is 28.1 Å². The summed E-state index contributed by atoms with van der Waals surface area (Å²) in [4.78, 5) is 10.4. The van der Waals surface area contributed by atoms with Crippen LogP contribution in [0.5, 0.6) is 0 Å². The monoisotopic (exact) mass is 393 g/mol. The molecule has 142 valence electrons. The number of ether oxygens (including phenoxy) is 1. The smallest absolute Gasteiger partial charge is 0.289 e. The number of nitro benzene ring substituents is 1. The number of hydrogen-bond acceptors (Lipinski definition) is 6. The molecule has 1 fully saturated rings. The van der Waals surface area contributed by atoms with Crippen molar-refractivity contribution in [3.8, 4) is 0 Å². The largest absolute Gasteiger partial charge is 0.381 e. The van der Waals surface area contributed by atoms with Gasteiger partial charge in [0.15, 0.2) is 4.90 Å². The maximum absolute atomic E-state index is 13.1. The maximum Gasteiger partial charge on any atom is 0.289 e. The summed E-state index contributed by atoms with van der Waals surface area (Å²) in [5, 5.41) is 11.3. The zero-order chi connectivity index (χ0) is 18.1. The zero-order valence-corrected chi connectivity index (χ0v) is 16.1. The maximum atomic E-state index is 13.1. The Morgan fingerprint density at radius 1 is 1.36 bits per heavy atom. The molecular formula is C15H24ClN3O5S. The van der Waals surface area contributed by atoms with Crippen molar-refractivity contribution in [2.24, 2.45) is 5.73 Å². The lowest BCUT2D eigenvalue weighted by molar-refractivity contribution is -0.387. The summed E-state index contributed by atoms with van der Waals surface area (Å²) in [6.07, 6.45) is 0.954. The van der Waals surface area contributed by atoms with Gasteiger partial charge in [-0.3, -0.25) is 10.1 Å². The fraction of sp³-hybridized carbons (Fsp3) is 0.600. The van der Waals surface area contributed by atoms with Crippen LogP contribution in [0, 0.1) is 24.0 Å². The van der Waals surface area contributed by atoms with Crippen molar-refractivity contribution in [1.29, 1.82) is 0 Å². The number of rotatable bonds is 5. The third kappa shape index (κ3) is 4.29. The van der Waals surface area contributed by atoms with Crippen LogP contribution in [-0.2, 0) is 14.8 Å². The number of nitro groups is 1. The minimum atomic E-state index is -4.01. The fourth-order valence-corrected chi connectivity index (χ4v) is 4.87. The van der Waals surface area contributed by atoms with Crippen molar-refractivity contribution in [2.75, 3.05) is 20.2 Å². The Hall–Kier alpha value is -1.26. The number of nitrogens with two attached hydrogens (primary N) is 1. The summed E-state index contributed by atoms with van der Waals surface area (Å²) >= 11 is 0. The summed E-state index contributed by atoms with van der Waals surface area (Å²) in [7, 11) is -2.43. The molecule has 1 saturated heterocycles. The predicted octanol–water partition coefficient (Wildman–Crippen LogP) is 1.76. The Labute approximate surface area is 153 Å². The van der Waals surface area contributed by atoms with Gasteiger partial charge in [-0.2, -0.15) is 4.31 Å². The van der Waals surface area contributed by atoms with E-state index >= 15 is 0 Å². The van der Waals surface area contributed by atoms with E-state index in [9.17, 15) is 18.5 Å². The minimum absolute atomic E-state index is 0. The van der Waals surface area contributed by atoms with E-state index in [0.717, 1.165) is 0 Å². The van der Waals surface area contributed by atoms with Gasteiger partial charge in [-0.1, -0.05) is 0 Å². The van der Waals surface area contributed by atoms with Gasteiger partial charge in [-0.05, 0) is 43.9 Å². The van der Waals surface area contributed by atoms with Crippen LogP contribution in [-0.4, -0.2) is 50.0 Å². The second-order valence-electron chi connectivity index (χ2n) is 6.05. The Morgan fingerprint density at radius 3 is 2.48 bits per heavy atom. The van der Waals surface area contributed by atoms with Crippen LogP contribution in [0.15, 0.2) is 17.0 Å². The molecule has 10 heteroatoms. The number of benzene rings is 1. The Bertz CT molecular complexity index is 741. The highest BCUT2D eigenvalue weighted by Gasteiger charge is 2.39. The van der Waals surface area contributed by atoms with Gasteiger partial charge in [-0.25, -0.2) is 8.42 Å². The number of piperidine rings is 1. The summed E-state index contributed by atoms with van der Waals surface area (Å²) < 4.78 is 32.7. The van der Waals surface area contributed by atoms with Crippen LogP contribution in [0.2, 0.25) is 0 Å². The number of sulfonamides is 1. The van der Waals surface area contributed by atoms with Crippen molar-refractivity contribution in [2.45, 2.75) is 43.7 Å². The standard InChI is InChI=1S/C15H23N3O5S.ClH/c1-10-6-14(18(19)20)15(7-11(10)2)24(21,22)17-5-4-13(23-3)8-12(17)9-16;/h6-7,12-13H,4-5,8-9,16H2,1-3H3;1H. The first-order valence-electron chi connectivity index (χ1n) is 7.72. The first-order valence-corrected chi connectivity index (χ1v) is 9.16. The third-order valence-corrected chi connectivity index (χ3v) is 6.56. The van der Waals surface area contributed by atoms with E-state index in [1.807, 2.05) is 0 Å². The first kappa shape index (κ1) is 21.8. The average Bonchev–Trinajstić information content (AvgIpc) is 2.55. The Kier molecular flexibility index (Phi) is 7.33. The van der Waals surface area contributed by atoms with Gasteiger partial charge >= 0.3 is 0 Å². The van der Waals surface area contributed by atoms with Crippen LogP contribution in [0.25, 0.3) is 0 Å². The van der Waals surface area contributed by atoms with Crippen LogP contribution < -0.4 is 5.73 Å². The number of aryl methyl sites for hydroxylation is 2. The summed E-state index contributed by atoms with van der Waals surface area (Å²) in [5.41, 5.74) is 6.71. The normalized spacial score (nSPS) is 21.6. The molecule has 8 nitrogen and oxygen atoms in total. The fourth-order valence-electron chi connectivity index (χ4n) is 2.99.